The molecule has 0 fully saturated rings. The molecule has 29 heavy (non-hydrogen) atoms. The highest BCUT2D eigenvalue weighted by Gasteiger charge is 2.20. The highest BCUT2D eigenvalue weighted by Crippen LogP contribution is 2.33. The number of rotatable bonds is 4. The summed E-state index contributed by atoms with van der Waals surface area (Å²) in [7, 11) is 0. The first-order valence-electron chi connectivity index (χ1n) is 9.08. The number of ether oxygens (including phenoxy) is 2. The van der Waals surface area contributed by atoms with Crippen LogP contribution >= 0.6 is 11.6 Å². The third kappa shape index (κ3) is 3.95. The van der Waals surface area contributed by atoms with Crippen molar-refractivity contribution < 1.29 is 14.3 Å². The highest BCUT2D eigenvalue weighted by atomic mass is 35.5. The topological polar surface area (TPSA) is 82.5 Å². The van der Waals surface area contributed by atoms with Crippen molar-refractivity contribution in [1.29, 1.82) is 0 Å². The van der Waals surface area contributed by atoms with Gasteiger partial charge in [0.15, 0.2) is 11.5 Å². The molecule has 0 saturated carbocycles. The van der Waals surface area contributed by atoms with Gasteiger partial charge in [-0.15, -0.1) is 0 Å². The zero-order valence-electron chi connectivity index (χ0n) is 15.6. The molecule has 8 heteroatoms. The van der Waals surface area contributed by atoms with E-state index in [0.717, 1.165) is 10.2 Å². The molecule has 1 N–H and O–H groups in total. The number of hydrogen-bond donors (Lipinski definition) is 1. The number of aromatic nitrogens is 2. The van der Waals surface area contributed by atoms with Gasteiger partial charge in [-0.3, -0.25) is 9.59 Å². The van der Waals surface area contributed by atoms with Crippen molar-refractivity contribution in [2.45, 2.75) is 13.0 Å². The van der Waals surface area contributed by atoms with Crippen LogP contribution in [0.3, 0.4) is 0 Å². The molecule has 1 aliphatic heterocycles. The van der Waals surface area contributed by atoms with E-state index >= 15 is 0 Å². The fraction of sp³-hybridized carbons (Fsp3) is 0.190. The van der Waals surface area contributed by atoms with E-state index in [2.05, 4.69) is 10.4 Å². The molecule has 0 bridgehead atoms. The number of benzene rings is 2. The number of nitrogens with zero attached hydrogens (tertiary/aromatic N) is 2. The zero-order chi connectivity index (χ0) is 20.4. The Labute approximate surface area is 171 Å². The molecule has 0 aliphatic carbocycles. The minimum Gasteiger partial charge on any atom is -0.486 e. The fourth-order valence-electron chi connectivity index (χ4n) is 2.97. The molecule has 3 aromatic rings. The van der Waals surface area contributed by atoms with Gasteiger partial charge in [0.2, 0.25) is 5.91 Å². The number of fused-ring (bicyclic) bond motifs is 1. The Hall–Kier alpha value is -3.32. The molecule has 7 nitrogen and oxygen atoms in total. The van der Waals surface area contributed by atoms with Gasteiger partial charge in [0, 0.05) is 11.6 Å². The number of para-hydroxylation sites is 1. The van der Waals surface area contributed by atoms with Crippen molar-refractivity contribution in [3.8, 4) is 22.8 Å². The van der Waals surface area contributed by atoms with E-state index in [1.165, 1.54) is 6.07 Å². The lowest BCUT2D eigenvalue weighted by Crippen LogP contribution is -2.33. The summed E-state index contributed by atoms with van der Waals surface area (Å²) in [6.45, 7) is 2.59. The van der Waals surface area contributed by atoms with Crippen LogP contribution in [0, 0.1) is 0 Å². The molecule has 4 rings (SSSR count). The summed E-state index contributed by atoms with van der Waals surface area (Å²) in [5.41, 5.74) is 1.39. The summed E-state index contributed by atoms with van der Waals surface area (Å²) in [4.78, 5) is 25.0. The molecule has 1 amide bonds. The van der Waals surface area contributed by atoms with Gasteiger partial charge in [0.25, 0.3) is 5.56 Å². The van der Waals surface area contributed by atoms with E-state index in [9.17, 15) is 9.59 Å². The van der Waals surface area contributed by atoms with Gasteiger partial charge < -0.3 is 14.8 Å². The van der Waals surface area contributed by atoms with Crippen molar-refractivity contribution >= 4 is 23.2 Å². The van der Waals surface area contributed by atoms with Gasteiger partial charge in [-0.2, -0.15) is 5.10 Å². The molecule has 0 saturated heterocycles. The van der Waals surface area contributed by atoms with E-state index in [0.29, 0.717) is 41.1 Å². The van der Waals surface area contributed by atoms with Crippen molar-refractivity contribution in [3.63, 3.8) is 0 Å². The average molecular weight is 412 g/mol. The Morgan fingerprint density at radius 3 is 2.66 bits per heavy atom. The first-order valence-corrected chi connectivity index (χ1v) is 9.46. The van der Waals surface area contributed by atoms with Crippen LogP contribution in [0.4, 0.5) is 5.69 Å². The van der Waals surface area contributed by atoms with E-state index < -0.39 is 11.9 Å². The largest absolute Gasteiger partial charge is 0.486 e. The van der Waals surface area contributed by atoms with Crippen molar-refractivity contribution in [2.75, 3.05) is 18.5 Å². The first-order chi connectivity index (χ1) is 14.0. The minimum absolute atomic E-state index is 0.381. The Kier molecular flexibility index (Phi) is 5.22. The molecule has 1 aliphatic rings. The molecule has 1 aromatic heterocycles. The molecule has 2 aromatic carbocycles. The Balaban J connectivity index is 1.62. The lowest BCUT2D eigenvalue weighted by atomic mass is 10.1. The number of nitrogens with one attached hydrogen (secondary N) is 1. The summed E-state index contributed by atoms with van der Waals surface area (Å²) in [5, 5.41) is 7.53. The quantitative estimate of drug-likeness (QED) is 0.710. The van der Waals surface area contributed by atoms with Gasteiger partial charge >= 0.3 is 0 Å². The molecule has 148 valence electrons. The standard InChI is InChI=1S/C21H18ClN3O4/c1-13(21(27)23-17-5-3-2-4-15(17)22)25-20(26)9-7-16(24-25)14-6-8-18-19(12-14)29-11-10-28-18/h2-9,12-13H,10-11H2,1H3,(H,23,27)/t13-/m1/s1. The van der Waals surface area contributed by atoms with Crippen LogP contribution in [0.2, 0.25) is 5.02 Å². The van der Waals surface area contributed by atoms with Crippen molar-refractivity contribution in [1.82, 2.24) is 9.78 Å². The molecule has 1 atom stereocenters. The maximum absolute atomic E-state index is 12.7. The van der Waals surface area contributed by atoms with E-state index in [4.69, 9.17) is 21.1 Å². The van der Waals surface area contributed by atoms with Gasteiger partial charge in [-0.25, -0.2) is 4.68 Å². The number of anilines is 1. The second-order valence-corrected chi connectivity index (χ2v) is 6.91. The number of carbonyl (C=O) groups excluding carboxylic acids is 1. The Morgan fingerprint density at radius 2 is 1.86 bits per heavy atom. The summed E-state index contributed by atoms with van der Waals surface area (Å²) >= 11 is 6.09. The number of amides is 1. The summed E-state index contributed by atoms with van der Waals surface area (Å²) < 4.78 is 12.3. The smallest absolute Gasteiger partial charge is 0.267 e. The van der Waals surface area contributed by atoms with E-state index in [1.807, 2.05) is 6.07 Å². The van der Waals surface area contributed by atoms with Crippen molar-refractivity contribution in [3.05, 3.63) is 70.0 Å². The van der Waals surface area contributed by atoms with Crippen LogP contribution in [0.25, 0.3) is 11.3 Å². The van der Waals surface area contributed by atoms with Crippen LogP contribution < -0.4 is 20.3 Å². The van der Waals surface area contributed by atoms with Crippen LogP contribution in [0.15, 0.2) is 59.4 Å². The summed E-state index contributed by atoms with van der Waals surface area (Å²) in [5.74, 6) is 0.894. The van der Waals surface area contributed by atoms with Gasteiger partial charge in [-0.05, 0) is 43.3 Å². The average Bonchev–Trinajstić information content (AvgIpc) is 2.75. The predicted octanol–water partition coefficient (Wildman–Crippen LogP) is 3.53. The zero-order valence-corrected chi connectivity index (χ0v) is 16.3. The maximum atomic E-state index is 12.7. The third-order valence-electron chi connectivity index (χ3n) is 4.54. The van der Waals surface area contributed by atoms with Gasteiger partial charge in [-0.1, -0.05) is 23.7 Å². The Bertz CT molecular complexity index is 1130. The molecular formula is C21H18ClN3O4. The SMILES string of the molecule is C[C@H](C(=O)Nc1ccccc1Cl)n1nc(-c2ccc3c(c2)OCCO3)ccc1=O. The van der Waals surface area contributed by atoms with Crippen LogP contribution in [0.5, 0.6) is 11.5 Å². The molecule has 0 radical (unpaired) electrons. The minimum atomic E-state index is -0.837. The van der Waals surface area contributed by atoms with E-state index in [-0.39, 0.29) is 5.56 Å². The lowest BCUT2D eigenvalue weighted by molar-refractivity contribution is -0.119. The third-order valence-corrected chi connectivity index (χ3v) is 4.87. The molecule has 0 unspecified atom stereocenters. The van der Waals surface area contributed by atoms with Crippen LogP contribution in [-0.2, 0) is 4.79 Å². The number of hydrogen-bond acceptors (Lipinski definition) is 5. The maximum Gasteiger partial charge on any atom is 0.267 e. The van der Waals surface area contributed by atoms with Crippen molar-refractivity contribution in [2.24, 2.45) is 0 Å². The monoisotopic (exact) mass is 411 g/mol. The number of carbonyl (C=O) groups is 1. The van der Waals surface area contributed by atoms with Crippen LogP contribution in [0.1, 0.15) is 13.0 Å². The molecule has 0 spiro atoms. The van der Waals surface area contributed by atoms with Gasteiger partial charge in [0.05, 0.1) is 16.4 Å². The summed E-state index contributed by atoms with van der Waals surface area (Å²) in [6, 6.07) is 14.5. The van der Waals surface area contributed by atoms with Crippen LogP contribution in [-0.4, -0.2) is 28.9 Å². The molecule has 2 heterocycles. The molecular weight excluding hydrogens is 394 g/mol. The predicted molar refractivity (Wildman–Crippen MR) is 110 cm³/mol. The fourth-order valence-corrected chi connectivity index (χ4v) is 3.15. The Morgan fingerprint density at radius 1 is 1.10 bits per heavy atom. The van der Waals surface area contributed by atoms with Gasteiger partial charge in [0.1, 0.15) is 19.3 Å². The first kappa shape index (κ1) is 19.0. The normalized spacial score (nSPS) is 13.6. The lowest BCUT2D eigenvalue weighted by Gasteiger charge is -2.19. The second kappa shape index (κ2) is 7.97. The number of halogens is 1. The second-order valence-electron chi connectivity index (χ2n) is 6.50. The summed E-state index contributed by atoms with van der Waals surface area (Å²) in [6.07, 6.45) is 0. The van der Waals surface area contributed by atoms with E-state index in [1.54, 1.807) is 49.4 Å². The highest BCUT2D eigenvalue weighted by molar-refractivity contribution is 6.33.